The Labute approximate surface area is 290 Å². The van der Waals surface area contributed by atoms with Crippen molar-refractivity contribution in [2.24, 2.45) is 0 Å². The van der Waals surface area contributed by atoms with Gasteiger partial charge >= 0.3 is 0 Å². The molecule has 2 saturated heterocycles. The first-order valence-corrected chi connectivity index (χ1v) is 21.0. The molecule has 0 aliphatic carbocycles. The molecule has 0 N–H and O–H groups in total. The molecule has 0 radical (unpaired) electrons. The molecule has 2 heterocycles. The van der Waals surface area contributed by atoms with E-state index < -0.39 is 25.4 Å². The van der Waals surface area contributed by atoms with Gasteiger partial charge in [-0.3, -0.25) is 0 Å². The van der Waals surface area contributed by atoms with Crippen LogP contribution in [0, 0.1) is 0 Å². The summed E-state index contributed by atoms with van der Waals surface area (Å²) in [4.78, 5) is 1.01. The van der Waals surface area contributed by atoms with Crippen LogP contribution in [0.25, 0.3) is 0 Å². The van der Waals surface area contributed by atoms with Crippen molar-refractivity contribution in [1.29, 1.82) is 0 Å². The Hall–Kier alpha value is -2.61. The van der Waals surface area contributed by atoms with Crippen LogP contribution in [0.15, 0.2) is 77.7 Å². The Morgan fingerprint density at radius 2 is 1.31 bits per heavy atom. The number of benzene rings is 3. The number of hydrogen-bond donors (Lipinski definition) is 0. The van der Waals surface area contributed by atoms with E-state index in [1.54, 1.807) is 26.0 Å². The maximum Gasteiger partial charge on any atom is 0.189 e. The monoisotopic (exact) mass is 698 g/mol. The topological polar surface area (TPSA) is 83.1 Å². The van der Waals surface area contributed by atoms with Crippen molar-refractivity contribution in [2.75, 3.05) is 34.2 Å². The zero-order chi connectivity index (χ0) is 34.1. The van der Waals surface area contributed by atoms with E-state index in [1.165, 1.54) is 0 Å². The van der Waals surface area contributed by atoms with Crippen molar-refractivity contribution in [2.45, 2.75) is 93.3 Å². The summed E-state index contributed by atoms with van der Waals surface area (Å²) in [5.41, 5.74) is 1.67. The minimum absolute atomic E-state index is 0.235. The molecular weight excluding hydrogens is 649 g/mol. The zero-order valence-corrected chi connectivity index (χ0v) is 31.0. The first-order valence-electron chi connectivity index (χ1n) is 16.5. The van der Waals surface area contributed by atoms with E-state index in [2.05, 4.69) is 19.6 Å². The lowest BCUT2D eigenvalue weighted by molar-refractivity contribution is -0.192. The molecule has 5 atom stereocenters. The van der Waals surface area contributed by atoms with Crippen LogP contribution in [-0.4, -0.2) is 77.9 Å². The summed E-state index contributed by atoms with van der Waals surface area (Å²) in [6, 6.07) is 24.8. The third-order valence-corrected chi connectivity index (χ3v) is 11.0. The maximum atomic E-state index is 6.78. The number of fused-ring (bicyclic) bond motifs is 1. The van der Waals surface area contributed by atoms with Gasteiger partial charge in [-0.05, 0) is 79.5 Å². The highest BCUT2D eigenvalue weighted by Gasteiger charge is 2.56. The lowest BCUT2D eigenvalue weighted by Crippen LogP contribution is -2.57. The molecule has 2 fully saturated rings. The van der Waals surface area contributed by atoms with Crippen molar-refractivity contribution in [1.82, 2.24) is 0 Å². The van der Waals surface area contributed by atoms with Gasteiger partial charge in [0, 0.05) is 19.6 Å². The second-order valence-corrected chi connectivity index (χ2v) is 20.5. The lowest BCUT2D eigenvalue weighted by atomic mass is 10.00. The molecule has 3 aromatic carbocycles. The summed E-state index contributed by atoms with van der Waals surface area (Å²) in [5.74, 6) is 1.56. The quantitative estimate of drug-likeness (QED) is 0.0802. The van der Waals surface area contributed by atoms with Gasteiger partial charge in [0.05, 0.1) is 34.0 Å². The molecule has 262 valence electrons. The zero-order valence-electron chi connectivity index (χ0n) is 29.1. The molecule has 48 heavy (non-hydrogen) atoms. The first kappa shape index (κ1) is 36.7. The smallest absolute Gasteiger partial charge is 0.189 e. The third kappa shape index (κ3) is 10.7. The third-order valence-electron chi connectivity index (χ3n) is 8.12. The summed E-state index contributed by atoms with van der Waals surface area (Å²) in [5, 5.41) is 0. The molecule has 5 rings (SSSR count). The van der Waals surface area contributed by atoms with Crippen LogP contribution in [0.3, 0.4) is 0 Å². The van der Waals surface area contributed by atoms with E-state index in [4.69, 9.17) is 42.6 Å². The van der Waals surface area contributed by atoms with Crippen LogP contribution < -0.4 is 14.2 Å². The molecule has 0 spiro atoms. The van der Waals surface area contributed by atoms with Gasteiger partial charge in [0.1, 0.15) is 47.1 Å². The Morgan fingerprint density at radius 3 is 1.92 bits per heavy atom. The van der Waals surface area contributed by atoms with Crippen LogP contribution in [0.4, 0.5) is 0 Å². The summed E-state index contributed by atoms with van der Waals surface area (Å²) < 4.78 is 54.7. The summed E-state index contributed by atoms with van der Waals surface area (Å²) in [6.07, 6.45) is -1.53. The highest BCUT2D eigenvalue weighted by Crippen LogP contribution is 2.43. The van der Waals surface area contributed by atoms with Crippen molar-refractivity contribution in [3.63, 3.8) is 0 Å². The average molecular weight is 699 g/mol. The fourth-order valence-electron chi connectivity index (χ4n) is 5.47. The molecule has 11 heteroatoms. The van der Waals surface area contributed by atoms with Crippen molar-refractivity contribution < 1.29 is 42.6 Å². The molecule has 3 aromatic rings. The van der Waals surface area contributed by atoms with Crippen molar-refractivity contribution >= 4 is 19.8 Å². The van der Waals surface area contributed by atoms with Gasteiger partial charge in [-0.1, -0.05) is 55.7 Å². The molecule has 0 aromatic heterocycles. The maximum absolute atomic E-state index is 6.78. The van der Waals surface area contributed by atoms with Crippen molar-refractivity contribution in [3.05, 3.63) is 83.9 Å². The van der Waals surface area contributed by atoms with Crippen molar-refractivity contribution in [3.8, 4) is 17.2 Å². The molecule has 0 amide bonds. The summed E-state index contributed by atoms with van der Waals surface area (Å²) >= 11 is 1.59. The molecular formula is C37H50O9SSi. The lowest BCUT2D eigenvalue weighted by Gasteiger charge is -2.41. The average Bonchev–Trinajstić information content (AvgIpc) is 3.40. The molecule has 9 nitrogen and oxygen atoms in total. The van der Waals surface area contributed by atoms with Crippen LogP contribution in [0.5, 0.6) is 17.2 Å². The second kappa shape index (κ2) is 16.9. The van der Waals surface area contributed by atoms with Gasteiger partial charge in [0.25, 0.3) is 0 Å². The minimum atomic E-state index is -1.14. The Bertz CT molecular complexity index is 1400. The normalized spacial score (nSPS) is 23.4. The number of ether oxygens (including phenoxy) is 9. The molecule has 0 unspecified atom stereocenters. The number of thioether (sulfide) groups is 1. The van der Waals surface area contributed by atoms with E-state index in [9.17, 15) is 0 Å². The van der Waals surface area contributed by atoms with Gasteiger partial charge in [-0.15, -0.1) is 0 Å². The number of rotatable bonds is 17. The summed E-state index contributed by atoms with van der Waals surface area (Å²) in [6.45, 7) is 13.0. The van der Waals surface area contributed by atoms with Gasteiger partial charge < -0.3 is 42.6 Å². The van der Waals surface area contributed by atoms with Gasteiger partial charge in [-0.2, -0.15) is 0 Å². The Morgan fingerprint density at radius 1 is 0.729 bits per heavy atom. The van der Waals surface area contributed by atoms with Crippen LogP contribution in [0.2, 0.25) is 25.7 Å². The minimum Gasteiger partial charge on any atom is -0.497 e. The van der Waals surface area contributed by atoms with E-state index >= 15 is 0 Å². The van der Waals surface area contributed by atoms with Gasteiger partial charge in [-0.25, -0.2) is 0 Å². The van der Waals surface area contributed by atoms with E-state index in [0.29, 0.717) is 19.8 Å². The molecule has 2 aliphatic rings. The van der Waals surface area contributed by atoms with Gasteiger partial charge in [0.15, 0.2) is 12.6 Å². The van der Waals surface area contributed by atoms with Crippen LogP contribution in [-0.2, 0) is 41.6 Å². The molecule has 0 saturated carbocycles. The fraction of sp³-hybridized carbons (Fsp3) is 0.514. The van der Waals surface area contributed by atoms with E-state index in [-0.39, 0.29) is 25.1 Å². The largest absolute Gasteiger partial charge is 0.497 e. The first-order chi connectivity index (χ1) is 23.0. The second-order valence-electron chi connectivity index (χ2n) is 13.7. The number of methoxy groups -OCH3 is 2. The predicted molar refractivity (Wildman–Crippen MR) is 189 cm³/mol. The Kier molecular flexibility index (Phi) is 12.9. The standard InChI is InChI=1S/C37H50O9SSi/c1-37(2)45-33-32(24-41-22-26-8-12-28(38-3)13-9-26)44-36(35(34(33)46-37)42-23-27-10-14-29(39-4)15-11-27)47-31-18-16-30(17-19-31)43-25-40-20-21-48(5,6)7/h8-19,32-36H,20-25H2,1-7H3/t32-,33+,34+,35-,36+/m1/s1. The highest BCUT2D eigenvalue weighted by atomic mass is 32.2. The van der Waals surface area contributed by atoms with E-state index in [0.717, 1.165) is 45.9 Å². The summed E-state index contributed by atoms with van der Waals surface area (Å²) in [7, 11) is 2.18. The number of hydrogen-bond acceptors (Lipinski definition) is 10. The Balaban J connectivity index is 1.27. The van der Waals surface area contributed by atoms with Gasteiger partial charge in [0.2, 0.25) is 0 Å². The van der Waals surface area contributed by atoms with E-state index in [1.807, 2.05) is 86.6 Å². The SMILES string of the molecule is COc1ccc(COC[C@H]2O[C@@H](Sc3ccc(OCOCC[Si](C)(C)C)cc3)[C@H](OCc3ccc(OC)cc3)[C@H]3OC(C)(C)O[C@H]32)cc1. The molecule has 0 bridgehead atoms. The van der Waals surface area contributed by atoms with Crippen LogP contribution >= 0.6 is 11.8 Å². The highest BCUT2D eigenvalue weighted by molar-refractivity contribution is 7.99. The fourth-order valence-corrected chi connectivity index (χ4v) is 7.35. The molecule has 2 aliphatic heterocycles. The predicted octanol–water partition coefficient (Wildman–Crippen LogP) is 7.53. The van der Waals surface area contributed by atoms with Crippen LogP contribution in [0.1, 0.15) is 25.0 Å².